The van der Waals surface area contributed by atoms with Gasteiger partial charge in [-0.1, -0.05) is 44.2 Å². The van der Waals surface area contributed by atoms with Crippen molar-refractivity contribution in [1.82, 2.24) is 15.2 Å². The highest BCUT2D eigenvalue weighted by Gasteiger charge is 2.46. The van der Waals surface area contributed by atoms with Gasteiger partial charge in [0.15, 0.2) is 0 Å². The molecule has 6 heteroatoms. The number of aromatic nitrogens is 1. The van der Waals surface area contributed by atoms with Gasteiger partial charge in [-0.15, -0.1) is 0 Å². The van der Waals surface area contributed by atoms with E-state index >= 15 is 0 Å². The van der Waals surface area contributed by atoms with Crippen LogP contribution in [0.25, 0.3) is 0 Å². The zero-order chi connectivity index (χ0) is 18.9. The van der Waals surface area contributed by atoms with E-state index < -0.39 is 11.5 Å². The van der Waals surface area contributed by atoms with Crippen LogP contribution < -0.4 is 16.2 Å². The average molecular weight is 353 g/mol. The zero-order valence-electron chi connectivity index (χ0n) is 15.2. The van der Waals surface area contributed by atoms with E-state index in [0.29, 0.717) is 12.1 Å². The van der Waals surface area contributed by atoms with Crippen LogP contribution in [0.2, 0.25) is 0 Å². The largest absolute Gasteiger partial charge is 0.355 e. The molecule has 1 aromatic heterocycles. The van der Waals surface area contributed by atoms with Gasteiger partial charge < -0.3 is 15.2 Å². The van der Waals surface area contributed by atoms with Crippen molar-refractivity contribution in [3.8, 4) is 0 Å². The summed E-state index contributed by atoms with van der Waals surface area (Å²) in [6, 6.07) is 10.9. The van der Waals surface area contributed by atoms with Crippen molar-refractivity contribution < 1.29 is 9.59 Å². The van der Waals surface area contributed by atoms with Gasteiger partial charge in [-0.25, -0.2) is 0 Å². The number of nitrogens with zero attached hydrogens (tertiary/aromatic N) is 1. The Morgan fingerprint density at radius 2 is 1.85 bits per heavy atom. The van der Waals surface area contributed by atoms with Gasteiger partial charge in [-0.3, -0.25) is 14.4 Å². The summed E-state index contributed by atoms with van der Waals surface area (Å²) in [6.07, 6.45) is 2.44. The minimum absolute atomic E-state index is 0.0360. The second kappa shape index (κ2) is 6.78. The first-order valence-electron chi connectivity index (χ1n) is 8.63. The van der Waals surface area contributed by atoms with Gasteiger partial charge in [0.25, 0.3) is 17.4 Å². The standard InChI is InChI=1S/C20H23N3O3/c1-20(2)10-16(20)22-17(24)14-9-15(18(25)21-3)19(26)23(12-14)11-13-7-5-4-6-8-13/h4-9,12,16H,10-11H2,1-3H3,(H,21,25)(H,22,24)/t16-/m1/s1. The molecule has 1 heterocycles. The van der Waals surface area contributed by atoms with Gasteiger partial charge in [0, 0.05) is 19.3 Å². The van der Waals surface area contributed by atoms with Crippen LogP contribution in [0.5, 0.6) is 0 Å². The Bertz CT molecular complexity index is 900. The fourth-order valence-electron chi connectivity index (χ4n) is 2.91. The monoisotopic (exact) mass is 353 g/mol. The molecule has 0 saturated heterocycles. The number of rotatable bonds is 5. The van der Waals surface area contributed by atoms with Crippen LogP contribution in [0, 0.1) is 5.41 Å². The molecule has 1 aromatic carbocycles. The molecule has 2 N–H and O–H groups in total. The minimum Gasteiger partial charge on any atom is -0.355 e. The van der Waals surface area contributed by atoms with Crippen LogP contribution in [-0.4, -0.2) is 29.5 Å². The Balaban J connectivity index is 1.96. The number of benzene rings is 1. The maximum absolute atomic E-state index is 12.7. The number of pyridine rings is 1. The van der Waals surface area contributed by atoms with Crippen LogP contribution in [0.1, 0.15) is 46.5 Å². The second-order valence-corrected chi connectivity index (χ2v) is 7.36. The fourth-order valence-corrected chi connectivity index (χ4v) is 2.91. The number of amides is 2. The highest BCUT2D eigenvalue weighted by atomic mass is 16.2. The molecular formula is C20H23N3O3. The second-order valence-electron chi connectivity index (χ2n) is 7.36. The smallest absolute Gasteiger partial charge is 0.263 e. The first-order valence-corrected chi connectivity index (χ1v) is 8.63. The Labute approximate surface area is 152 Å². The first-order chi connectivity index (χ1) is 12.3. The van der Waals surface area contributed by atoms with Crippen molar-refractivity contribution in [2.45, 2.75) is 32.9 Å². The van der Waals surface area contributed by atoms with Crippen molar-refractivity contribution >= 4 is 11.8 Å². The van der Waals surface area contributed by atoms with E-state index in [1.54, 1.807) is 0 Å². The van der Waals surface area contributed by atoms with Crippen LogP contribution in [0.3, 0.4) is 0 Å². The molecule has 0 unspecified atom stereocenters. The lowest BCUT2D eigenvalue weighted by atomic mass is 10.1. The molecule has 1 fully saturated rings. The van der Waals surface area contributed by atoms with E-state index in [0.717, 1.165) is 12.0 Å². The highest BCUT2D eigenvalue weighted by Crippen LogP contribution is 2.44. The molecule has 0 radical (unpaired) electrons. The van der Waals surface area contributed by atoms with Gasteiger partial charge in [-0.05, 0) is 23.5 Å². The number of carbonyl (C=O) groups excluding carboxylic acids is 2. The molecule has 1 atom stereocenters. The van der Waals surface area contributed by atoms with Crippen molar-refractivity contribution in [3.05, 3.63) is 69.6 Å². The fraction of sp³-hybridized carbons (Fsp3) is 0.350. The van der Waals surface area contributed by atoms with E-state index in [-0.39, 0.29) is 22.9 Å². The summed E-state index contributed by atoms with van der Waals surface area (Å²) in [6.45, 7) is 4.47. The van der Waals surface area contributed by atoms with Crippen LogP contribution in [0.15, 0.2) is 47.4 Å². The third-order valence-electron chi connectivity index (χ3n) is 4.83. The number of carbonyl (C=O) groups is 2. The van der Waals surface area contributed by atoms with Crippen LogP contribution in [-0.2, 0) is 6.54 Å². The maximum atomic E-state index is 12.7. The number of hydrogen-bond donors (Lipinski definition) is 2. The summed E-state index contributed by atoms with van der Waals surface area (Å²) in [5.41, 5.74) is 0.862. The molecule has 6 nitrogen and oxygen atoms in total. The molecule has 136 valence electrons. The summed E-state index contributed by atoms with van der Waals surface area (Å²) < 4.78 is 1.41. The van der Waals surface area contributed by atoms with Crippen LogP contribution in [0.4, 0.5) is 0 Å². The van der Waals surface area contributed by atoms with Gasteiger partial charge in [-0.2, -0.15) is 0 Å². The number of hydrogen-bond acceptors (Lipinski definition) is 3. The molecule has 3 rings (SSSR count). The van der Waals surface area contributed by atoms with E-state index in [1.807, 2.05) is 30.3 Å². The van der Waals surface area contributed by atoms with Gasteiger partial charge >= 0.3 is 0 Å². The molecule has 1 aliphatic rings. The van der Waals surface area contributed by atoms with Gasteiger partial charge in [0.05, 0.1) is 12.1 Å². The molecule has 1 saturated carbocycles. The molecule has 1 aliphatic carbocycles. The van der Waals surface area contributed by atoms with Gasteiger partial charge in [0.2, 0.25) is 0 Å². The molecule has 0 spiro atoms. The zero-order valence-corrected chi connectivity index (χ0v) is 15.2. The maximum Gasteiger partial charge on any atom is 0.263 e. The third kappa shape index (κ3) is 3.69. The van der Waals surface area contributed by atoms with Crippen LogP contribution >= 0.6 is 0 Å². The normalized spacial score (nSPS) is 17.4. The number of nitrogens with one attached hydrogen (secondary N) is 2. The van der Waals surface area contributed by atoms with E-state index in [1.165, 1.54) is 23.9 Å². The first kappa shape index (κ1) is 17.9. The van der Waals surface area contributed by atoms with E-state index in [2.05, 4.69) is 24.5 Å². The Morgan fingerprint density at radius 1 is 1.19 bits per heavy atom. The summed E-state index contributed by atoms with van der Waals surface area (Å²) in [4.78, 5) is 37.4. The Hall–Kier alpha value is -2.89. The average Bonchev–Trinajstić information content (AvgIpc) is 3.22. The quantitative estimate of drug-likeness (QED) is 0.860. The van der Waals surface area contributed by atoms with Crippen molar-refractivity contribution in [1.29, 1.82) is 0 Å². The lowest BCUT2D eigenvalue weighted by molar-refractivity contribution is 0.0945. The molecule has 2 aromatic rings. The highest BCUT2D eigenvalue weighted by molar-refractivity contribution is 5.99. The summed E-state index contributed by atoms with van der Waals surface area (Å²) in [5.74, 6) is -0.772. The Kier molecular flexibility index (Phi) is 4.68. The molecule has 0 bridgehead atoms. The van der Waals surface area contributed by atoms with Gasteiger partial charge in [0.1, 0.15) is 5.56 Å². The molecular weight excluding hydrogens is 330 g/mol. The summed E-state index contributed by atoms with van der Waals surface area (Å²) in [7, 11) is 1.46. The topological polar surface area (TPSA) is 80.2 Å². The van der Waals surface area contributed by atoms with E-state index in [9.17, 15) is 14.4 Å². The third-order valence-corrected chi connectivity index (χ3v) is 4.83. The van der Waals surface area contributed by atoms with Crippen molar-refractivity contribution in [2.75, 3.05) is 7.05 Å². The minimum atomic E-state index is -0.502. The van der Waals surface area contributed by atoms with Crippen molar-refractivity contribution in [2.24, 2.45) is 5.41 Å². The molecule has 26 heavy (non-hydrogen) atoms. The predicted octanol–water partition coefficient (Wildman–Crippen LogP) is 1.78. The summed E-state index contributed by atoms with van der Waals surface area (Å²) >= 11 is 0. The summed E-state index contributed by atoms with van der Waals surface area (Å²) in [5, 5.41) is 5.43. The Morgan fingerprint density at radius 3 is 2.42 bits per heavy atom. The van der Waals surface area contributed by atoms with E-state index in [4.69, 9.17) is 0 Å². The lowest BCUT2D eigenvalue weighted by Gasteiger charge is -2.12. The SMILES string of the molecule is CNC(=O)c1cc(C(=O)N[C@@H]2CC2(C)C)cn(Cc2ccccc2)c1=O. The van der Waals surface area contributed by atoms with Crippen molar-refractivity contribution in [3.63, 3.8) is 0 Å². The molecule has 2 amide bonds. The predicted molar refractivity (Wildman–Crippen MR) is 99.3 cm³/mol. The lowest BCUT2D eigenvalue weighted by Crippen LogP contribution is -2.35. The molecule has 0 aliphatic heterocycles.